The molecule has 0 saturated heterocycles. The Morgan fingerprint density at radius 1 is 0.226 bits per heavy atom. The molecular formula is C59H39N3. The summed E-state index contributed by atoms with van der Waals surface area (Å²) in [6.07, 6.45) is 1.74. The van der Waals surface area contributed by atoms with Crippen LogP contribution >= 0.6 is 0 Å². The molecule has 0 aliphatic heterocycles. The van der Waals surface area contributed by atoms with Gasteiger partial charge in [-0.05, 0) is 132 Å². The molecule has 0 atom stereocenters. The first-order valence-corrected chi connectivity index (χ1v) is 21.3. The summed E-state index contributed by atoms with van der Waals surface area (Å²) in [5, 5.41) is 0. The van der Waals surface area contributed by atoms with Crippen molar-refractivity contribution in [2.45, 2.75) is 12.8 Å². The monoisotopic (exact) mass is 789 g/mol. The van der Waals surface area contributed by atoms with Crippen molar-refractivity contribution in [2.75, 3.05) is 0 Å². The molecule has 9 aromatic carbocycles. The summed E-state index contributed by atoms with van der Waals surface area (Å²) in [6, 6.07) is 76.3. The lowest BCUT2D eigenvalue weighted by Gasteiger charge is -2.16. The third kappa shape index (κ3) is 6.34. The topological polar surface area (TPSA) is 38.7 Å². The number of benzene rings is 9. The zero-order chi connectivity index (χ0) is 41.0. The van der Waals surface area contributed by atoms with Crippen molar-refractivity contribution in [1.82, 2.24) is 15.0 Å². The Bertz CT molecular complexity index is 3100. The number of hydrogen-bond donors (Lipinski definition) is 0. The number of fused-ring (bicyclic) bond motifs is 6. The molecule has 0 N–H and O–H groups in total. The van der Waals surface area contributed by atoms with Crippen molar-refractivity contribution < 1.29 is 0 Å². The highest BCUT2D eigenvalue weighted by Crippen LogP contribution is 2.47. The van der Waals surface area contributed by atoms with Crippen molar-refractivity contribution >= 4 is 0 Å². The summed E-state index contributed by atoms with van der Waals surface area (Å²) in [7, 11) is 0. The molecular weight excluding hydrogens is 751 g/mol. The van der Waals surface area contributed by atoms with Crippen LogP contribution in [0, 0.1) is 0 Å². The van der Waals surface area contributed by atoms with Crippen LogP contribution in [0.5, 0.6) is 0 Å². The molecule has 0 fully saturated rings. The standard InChI is InChI=1S/C59H39N3/c1-5-15-38(16-6-1)42-27-29-44-36-55-49(23-13-25-51(55)53(44)34-42)46-31-47(50-24-14-26-52-54-35-43(39-17-7-2-8-18-39)28-30-45(54)37-56(50)52)33-48(32-46)59-61-57(40-19-9-3-10-20-40)60-58(62-59)41-21-11-4-12-22-41/h1-35H,36-37H2. The van der Waals surface area contributed by atoms with Crippen molar-refractivity contribution in [3.63, 3.8) is 0 Å². The van der Waals surface area contributed by atoms with E-state index in [0.29, 0.717) is 17.5 Å². The smallest absolute Gasteiger partial charge is 0.164 e. The summed E-state index contributed by atoms with van der Waals surface area (Å²) in [6.45, 7) is 0. The van der Waals surface area contributed by atoms with Gasteiger partial charge in [0.2, 0.25) is 0 Å². The number of nitrogens with zero attached hydrogens (tertiary/aromatic N) is 3. The molecule has 3 nitrogen and oxygen atoms in total. The van der Waals surface area contributed by atoms with E-state index in [1.807, 2.05) is 36.4 Å². The average Bonchev–Trinajstić information content (AvgIpc) is 3.93. The Labute approximate surface area is 361 Å². The van der Waals surface area contributed by atoms with Gasteiger partial charge in [-0.3, -0.25) is 0 Å². The lowest BCUT2D eigenvalue weighted by atomic mass is 9.89. The van der Waals surface area contributed by atoms with E-state index >= 15 is 0 Å². The van der Waals surface area contributed by atoms with Crippen LogP contribution in [0.15, 0.2) is 212 Å². The van der Waals surface area contributed by atoms with Gasteiger partial charge >= 0.3 is 0 Å². The van der Waals surface area contributed by atoms with E-state index in [1.165, 1.54) is 77.9 Å². The van der Waals surface area contributed by atoms with Gasteiger partial charge in [-0.2, -0.15) is 0 Å². The van der Waals surface area contributed by atoms with Crippen molar-refractivity contribution in [3.8, 4) is 101 Å². The van der Waals surface area contributed by atoms with Crippen LogP contribution in [0.2, 0.25) is 0 Å². The molecule has 2 aliphatic carbocycles. The first-order valence-electron chi connectivity index (χ1n) is 21.3. The largest absolute Gasteiger partial charge is 0.208 e. The minimum atomic E-state index is 0.646. The molecule has 0 unspecified atom stereocenters. The van der Waals surface area contributed by atoms with E-state index in [1.54, 1.807) is 0 Å². The van der Waals surface area contributed by atoms with Gasteiger partial charge in [0.15, 0.2) is 17.5 Å². The van der Waals surface area contributed by atoms with Crippen LogP contribution in [0.3, 0.4) is 0 Å². The van der Waals surface area contributed by atoms with E-state index in [0.717, 1.165) is 40.7 Å². The summed E-state index contributed by atoms with van der Waals surface area (Å²) in [5.74, 6) is 1.95. The zero-order valence-corrected chi connectivity index (χ0v) is 34.0. The first-order chi connectivity index (χ1) is 30.7. The van der Waals surface area contributed by atoms with E-state index in [4.69, 9.17) is 15.0 Å². The van der Waals surface area contributed by atoms with Gasteiger partial charge < -0.3 is 0 Å². The maximum Gasteiger partial charge on any atom is 0.164 e. The van der Waals surface area contributed by atoms with Gasteiger partial charge in [0.25, 0.3) is 0 Å². The van der Waals surface area contributed by atoms with E-state index < -0.39 is 0 Å². The molecule has 0 saturated carbocycles. The highest BCUT2D eigenvalue weighted by Gasteiger charge is 2.26. The highest BCUT2D eigenvalue weighted by atomic mass is 15.0. The van der Waals surface area contributed by atoms with Crippen molar-refractivity contribution in [1.29, 1.82) is 0 Å². The Morgan fingerprint density at radius 3 is 1.00 bits per heavy atom. The van der Waals surface area contributed by atoms with Crippen LogP contribution in [0.25, 0.3) is 101 Å². The van der Waals surface area contributed by atoms with E-state index in [2.05, 4.69) is 176 Å². The van der Waals surface area contributed by atoms with Gasteiger partial charge in [-0.15, -0.1) is 0 Å². The van der Waals surface area contributed by atoms with E-state index in [9.17, 15) is 0 Å². The zero-order valence-electron chi connectivity index (χ0n) is 34.0. The minimum absolute atomic E-state index is 0.646. The predicted molar refractivity (Wildman–Crippen MR) is 254 cm³/mol. The first kappa shape index (κ1) is 35.9. The molecule has 290 valence electrons. The number of rotatable bonds is 7. The highest BCUT2D eigenvalue weighted by molar-refractivity contribution is 5.92. The Hall–Kier alpha value is -8.01. The number of hydrogen-bond acceptors (Lipinski definition) is 3. The molecule has 1 heterocycles. The third-order valence-corrected chi connectivity index (χ3v) is 12.6. The summed E-state index contributed by atoms with van der Waals surface area (Å²) < 4.78 is 0. The normalized spacial score (nSPS) is 12.1. The molecule has 0 amide bonds. The van der Waals surface area contributed by atoms with Crippen molar-refractivity contribution in [2.24, 2.45) is 0 Å². The lowest BCUT2D eigenvalue weighted by Crippen LogP contribution is -2.01. The fraction of sp³-hybridized carbons (Fsp3) is 0.0339. The molecule has 3 heteroatoms. The Morgan fingerprint density at radius 2 is 0.581 bits per heavy atom. The Balaban J connectivity index is 1.05. The lowest BCUT2D eigenvalue weighted by molar-refractivity contribution is 1.07. The van der Waals surface area contributed by atoms with Gasteiger partial charge in [0.05, 0.1) is 0 Å². The van der Waals surface area contributed by atoms with Gasteiger partial charge in [0, 0.05) is 16.7 Å². The van der Waals surface area contributed by atoms with Crippen LogP contribution in [-0.4, -0.2) is 15.0 Å². The predicted octanol–water partition coefficient (Wildman–Crippen LogP) is 14.7. The summed E-state index contributed by atoms with van der Waals surface area (Å²) in [4.78, 5) is 15.5. The average molecular weight is 790 g/mol. The fourth-order valence-corrected chi connectivity index (χ4v) is 9.57. The van der Waals surface area contributed by atoms with Gasteiger partial charge in [0.1, 0.15) is 0 Å². The Kier molecular flexibility index (Phi) is 8.64. The summed E-state index contributed by atoms with van der Waals surface area (Å²) >= 11 is 0. The second kappa shape index (κ2) is 14.9. The molecule has 12 rings (SSSR count). The molecule has 1 aromatic heterocycles. The van der Waals surface area contributed by atoms with Crippen LogP contribution in [-0.2, 0) is 12.8 Å². The van der Waals surface area contributed by atoms with Gasteiger partial charge in [-0.1, -0.05) is 182 Å². The maximum absolute atomic E-state index is 5.23. The molecule has 0 radical (unpaired) electrons. The minimum Gasteiger partial charge on any atom is -0.208 e. The second-order valence-electron chi connectivity index (χ2n) is 16.3. The quantitative estimate of drug-likeness (QED) is 0.161. The maximum atomic E-state index is 5.23. The van der Waals surface area contributed by atoms with Crippen LogP contribution in [0.1, 0.15) is 22.3 Å². The van der Waals surface area contributed by atoms with Crippen molar-refractivity contribution in [3.05, 3.63) is 235 Å². The third-order valence-electron chi connectivity index (χ3n) is 12.6. The summed E-state index contributed by atoms with van der Waals surface area (Å²) in [5.41, 5.74) is 23.2. The molecule has 0 bridgehead atoms. The molecule has 0 spiro atoms. The fourth-order valence-electron chi connectivity index (χ4n) is 9.57. The second-order valence-corrected chi connectivity index (χ2v) is 16.3. The van der Waals surface area contributed by atoms with Gasteiger partial charge in [-0.25, -0.2) is 15.0 Å². The van der Waals surface area contributed by atoms with E-state index in [-0.39, 0.29) is 0 Å². The molecule has 62 heavy (non-hydrogen) atoms. The van der Waals surface area contributed by atoms with Crippen LogP contribution < -0.4 is 0 Å². The van der Waals surface area contributed by atoms with Crippen LogP contribution in [0.4, 0.5) is 0 Å². The number of aromatic nitrogens is 3. The molecule has 10 aromatic rings. The molecule has 2 aliphatic rings. The SMILES string of the molecule is c1ccc(-c2ccc3c(c2)-c2cccc(-c4cc(-c5nc(-c6ccccc6)nc(-c6ccccc6)n5)cc(-c5cccc6c5Cc5ccc(-c7ccccc7)cc5-6)c4)c2C3)cc1.